The number of halogens is 1. The molecule has 27 heavy (non-hydrogen) atoms. The van der Waals surface area contributed by atoms with E-state index in [1.54, 1.807) is 0 Å². The maximum absolute atomic E-state index is 12.9. The van der Waals surface area contributed by atoms with Crippen LogP contribution >= 0.6 is 11.8 Å². The molecule has 0 saturated heterocycles. The number of hydrogen-bond donors (Lipinski definition) is 1. The summed E-state index contributed by atoms with van der Waals surface area (Å²) in [5, 5.41) is 10.9. The van der Waals surface area contributed by atoms with Crippen molar-refractivity contribution in [3.8, 4) is 5.75 Å². The highest BCUT2D eigenvalue weighted by atomic mass is 32.2. The molecule has 1 aliphatic carbocycles. The number of carbonyl (C=O) groups is 1. The average molecular weight is 393 g/mol. The number of benzene rings is 1. The number of thioether (sulfide) groups is 1. The Kier molecular flexibility index (Phi) is 7.09. The monoisotopic (exact) mass is 393 g/mol. The highest BCUT2D eigenvalue weighted by Gasteiger charge is 2.20. The summed E-state index contributed by atoms with van der Waals surface area (Å²) in [6.07, 6.45) is 6.22. The lowest BCUT2D eigenvalue weighted by molar-refractivity contribution is -0.120. The molecule has 1 aromatic heterocycles. The molecule has 1 aliphatic rings. The van der Waals surface area contributed by atoms with Gasteiger partial charge in [-0.1, -0.05) is 31.0 Å². The molecule has 3 rings (SSSR count). The quantitative estimate of drug-likeness (QED) is 0.684. The number of aromatic nitrogens is 2. The van der Waals surface area contributed by atoms with Gasteiger partial charge in [-0.15, -0.1) is 10.2 Å². The highest BCUT2D eigenvalue weighted by molar-refractivity contribution is 8.00. The second-order valence-corrected chi connectivity index (χ2v) is 8.01. The van der Waals surface area contributed by atoms with E-state index in [-0.39, 0.29) is 23.6 Å². The number of rotatable bonds is 8. The van der Waals surface area contributed by atoms with E-state index in [0.717, 1.165) is 6.54 Å². The Hall–Kier alpha value is -2.09. The van der Waals surface area contributed by atoms with Gasteiger partial charge in [0.15, 0.2) is 6.61 Å². The molecule has 0 bridgehead atoms. The fraction of sp³-hybridized carbons (Fsp3) is 0.526. The molecule has 1 unspecified atom stereocenters. The Morgan fingerprint density at radius 3 is 2.78 bits per heavy atom. The molecule has 1 aromatic carbocycles. The first-order chi connectivity index (χ1) is 13.1. The largest absolute Gasteiger partial charge is 0.484 e. The fourth-order valence-electron chi connectivity index (χ4n) is 3.00. The summed E-state index contributed by atoms with van der Waals surface area (Å²) >= 11 is 1.23. The third kappa shape index (κ3) is 6.23. The zero-order valence-corrected chi connectivity index (χ0v) is 16.1. The molecule has 6 nitrogen and oxygen atoms in total. The van der Waals surface area contributed by atoms with E-state index in [0.29, 0.717) is 22.8 Å². The Balaban J connectivity index is 1.42. The minimum absolute atomic E-state index is 0.0205. The first-order valence-corrected chi connectivity index (χ1v) is 10.1. The van der Waals surface area contributed by atoms with E-state index in [1.165, 1.54) is 68.1 Å². The van der Waals surface area contributed by atoms with Gasteiger partial charge in [0.25, 0.3) is 11.1 Å². The van der Waals surface area contributed by atoms with Gasteiger partial charge in [0.2, 0.25) is 5.91 Å². The SMILES string of the molecule is CC(Sc1nnc(COc2ccc(F)cc2)o1)C(=O)NCC1CCCCC1. The lowest BCUT2D eigenvalue weighted by Gasteiger charge is -2.22. The first-order valence-electron chi connectivity index (χ1n) is 9.25. The fourth-order valence-corrected chi connectivity index (χ4v) is 3.73. The topological polar surface area (TPSA) is 77.2 Å². The van der Waals surface area contributed by atoms with E-state index < -0.39 is 0 Å². The molecule has 1 heterocycles. The van der Waals surface area contributed by atoms with Crippen molar-refractivity contribution in [1.82, 2.24) is 15.5 Å². The Morgan fingerprint density at radius 1 is 1.30 bits per heavy atom. The van der Waals surface area contributed by atoms with Gasteiger partial charge in [0, 0.05) is 6.54 Å². The molecule has 2 aromatic rings. The molecule has 1 fully saturated rings. The summed E-state index contributed by atoms with van der Waals surface area (Å²) in [4.78, 5) is 12.3. The predicted molar refractivity (Wildman–Crippen MR) is 99.9 cm³/mol. The maximum atomic E-state index is 12.9. The molecule has 146 valence electrons. The van der Waals surface area contributed by atoms with Crippen molar-refractivity contribution in [3.63, 3.8) is 0 Å². The number of nitrogens with one attached hydrogen (secondary N) is 1. The van der Waals surface area contributed by atoms with Gasteiger partial charge in [-0.2, -0.15) is 0 Å². The Morgan fingerprint density at radius 2 is 2.04 bits per heavy atom. The van der Waals surface area contributed by atoms with Gasteiger partial charge in [-0.25, -0.2) is 4.39 Å². The number of carbonyl (C=O) groups excluding carboxylic acids is 1. The van der Waals surface area contributed by atoms with Crippen LogP contribution in [0.5, 0.6) is 5.75 Å². The molecule has 8 heteroatoms. The van der Waals surface area contributed by atoms with Crippen molar-refractivity contribution >= 4 is 17.7 Å². The summed E-state index contributed by atoms with van der Waals surface area (Å²) in [6.45, 7) is 2.64. The lowest BCUT2D eigenvalue weighted by atomic mass is 9.89. The van der Waals surface area contributed by atoms with Gasteiger partial charge in [0.05, 0.1) is 5.25 Å². The molecular weight excluding hydrogens is 369 g/mol. The van der Waals surface area contributed by atoms with Crippen LogP contribution in [0, 0.1) is 11.7 Å². The molecule has 0 aliphatic heterocycles. The van der Waals surface area contributed by atoms with Gasteiger partial charge in [-0.05, 0) is 49.9 Å². The van der Waals surface area contributed by atoms with Crippen molar-refractivity contribution in [2.75, 3.05) is 6.54 Å². The van der Waals surface area contributed by atoms with Crippen LogP contribution in [0.3, 0.4) is 0 Å². The standard InChI is InChI=1S/C19H24FN3O3S/c1-13(18(24)21-11-14-5-3-2-4-6-14)27-19-23-22-17(26-19)12-25-16-9-7-15(20)8-10-16/h7-10,13-14H,2-6,11-12H2,1H3,(H,21,24). The molecule has 1 amide bonds. The van der Waals surface area contributed by atoms with Crippen LogP contribution < -0.4 is 10.1 Å². The summed E-state index contributed by atoms with van der Waals surface area (Å²) < 4.78 is 23.8. The van der Waals surface area contributed by atoms with Gasteiger partial charge in [0.1, 0.15) is 11.6 Å². The van der Waals surface area contributed by atoms with Crippen LogP contribution in [-0.4, -0.2) is 27.9 Å². The van der Waals surface area contributed by atoms with Gasteiger partial charge < -0.3 is 14.5 Å². The Bertz CT molecular complexity index is 732. The summed E-state index contributed by atoms with van der Waals surface area (Å²) in [5.74, 6) is 1.07. The second-order valence-electron chi connectivity index (χ2n) is 6.71. The second kappa shape index (κ2) is 9.73. The van der Waals surface area contributed by atoms with E-state index >= 15 is 0 Å². The number of ether oxygens (including phenoxy) is 1. The van der Waals surface area contributed by atoms with Gasteiger partial charge in [-0.3, -0.25) is 4.79 Å². The van der Waals surface area contributed by atoms with Crippen LogP contribution in [0.1, 0.15) is 44.9 Å². The van der Waals surface area contributed by atoms with E-state index in [4.69, 9.17) is 9.15 Å². The molecule has 0 spiro atoms. The van der Waals surface area contributed by atoms with E-state index in [1.807, 2.05) is 6.92 Å². The molecule has 1 saturated carbocycles. The van der Waals surface area contributed by atoms with Crippen LogP contribution in [-0.2, 0) is 11.4 Å². The van der Waals surface area contributed by atoms with Crippen molar-refractivity contribution in [2.24, 2.45) is 5.92 Å². The predicted octanol–water partition coefficient (Wildman–Crippen LogP) is 3.96. The lowest BCUT2D eigenvalue weighted by Crippen LogP contribution is -2.35. The van der Waals surface area contributed by atoms with Crippen LogP contribution in [0.4, 0.5) is 4.39 Å². The number of hydrogen-bond acceptors (Lipinski definition) is 6. The van der Waals surface area contributed by atoms with Crippen molar-refractivity contribution in [1.29, 1.82) is 0 Å². The van der Waals surface area contributed by atoms with Crippen LogP contribution in [0.25, 0.3) is 0 Å². The summed E-state index contributed by atoms with van der Waals surface area (Å²) in [5.41, 5.74) is 0. The number of amides is 1. The van der Waals surface area contributed by atoms with Crippen molar-refractivity contribution in [2.45, 2.75) is 56.1 Å². The van der Waals surface area contributed by atoms with E-state index in [9.17, 15) is 9.18 Å². The zero-order valence-electron chi connectivity index (χ0n) is 15.3. The van der Waals surface area contributed by atoms with E-state index in [2.05, 4.69) is 15.5 Å². The molecule has 0 radical (unpaired) electrons. The maximum Gasteiger partial charge on any atom is 0.277 e. The minimum Gasteiger partial charge on any atom is -0.484 e. The Labute approximate surface area is 162 Å². The molecule has 1 N–H and O–H groups in total. The summed E-state index contributed by atoms with van der Waals surface area (Å²) in [7, 11) is 0. The first kappa shape index (κ1) is 19.7. The smallest absolute Gasteiger partial charge is 0.277 e. The number of nitrogens with zero attached hydrogens (tertiary/aromatic N) is 2. The molecular formula is C19H24FN3O3S. The highest BCUT2D eigenvalue weighted by Crippen LogP contribution is 2.24. The van der Waals surface area contributed by atoms with Crippen molar-refractivity contribution < 1.29 is 18.3 Å². The van der Waals surface area contributed by atoms with Gasteiger partial charge >= 0.3 is 0 Å². The third-order valence-electron chi connectivity index (χ3n) is 4.56. The van der Waals surface area contributed by atoms with Crippen LogP contribution in [0.2, 0.25) is 0 Å². The average Bonchev–Trinajstić information content (AvgIpc) is 3.13. The zero-order chi connectivity index (χ0) is 19.1. The normalized spacial score (nSPS) is 16.1. The molecule has 1 atom stereocenters. The summed E-state index contributed by atoms with van der Waals surface area (Å²) in [6, 6.07) is 5.69. The van der Waals surface area contributed by atoms with Crippen LogP contribution in [0.15, 0.2) is 33.9 Å². The van der Waals surface area contributed by atoms with Crippen molar-refractivity contribution in [3.05, 3.63) is 36.0 Å². The third-order valence-corrected chi connectivity index (χ3v) is 5.50. The minimum atomic E-state index is -0.324.